The first kappa shape index (κ1) is 25.6. The maximum Gasteiger partial charge on any atom is 0.340 e. The van der Waals surface area contributed by atoms with E-state index in [0.29, 0.717) is 42.4 Å². The van der Waals surface area contributed by atoms with Crippen molar-refractivity contribution in [3.8, 4) is 11.4 Å². The lowest BCUT2D eigenvalue weighted by Gasteiger charge is -2.30. The lowest BCUT2D eigenvalue weighted by Crippen LogP contribution is -2.38. The Morgan fingerprint density at radius 2 is 1.78 bits per heavy atom. The molecule has 0 saturated carbocycles. The molecule has 0 atom stereocenters. The Hall–Kier alpha value is -3.52. The van der Waals surface area contributed by atoms with Gasteiger partial charge in [-0.05, 0) is 56.0 Å². The SMILES string of the molecule is CCOC(=O)c1ccccc1NC(=O)C1CCN(Cc2nc(-c3ccc(C(C)(C)C)cc3)no2)CC1. The number of amides is 1. The van der Waals surface area contributed by atoms with Crippen LogP contribution in [0.4, 0.5) is 5.69 Å². The Labute approximate surface area is 212 Å². The van der Waals surface area contributed by atoms with E-state index in [1.54, 1.807) is 31.2 Å². The molecule has 0 aliphatic carbocycles. The number of ether oxygens (including phenoxy) is 1. The summed E-state index contributed by atoms with van der Waals surface area (Å²) in [6, 6.07) is 15.2. The van der Waals surface area contributed by atoms with E-state index in [2.05, 4.69) is 53.3 Å². The van der Waals surface area contributed by atoms with Crippen LogP contribution in [0.3, 0.4) is 0 Å². The normalized spacial score (nSPS) is 15.0. The Balaban J connectivity index is 1.30. The van der Waals surface area contributed by atoms with Crippen LogP contribution in [0.2, 0.25) is 0 Å². The molecule has 1 N–H and O–H groups in total. The van der Waals surface area contributed by atoms with Gasteiger partial charge in [0.05, 0.1) is 24.4 Å². The summed E-state index contributed by atoms with van der Waals surface area (Å²) >= 11 is 0. The van der Waals surface area contributed by atoms with Crippen molar-refractivity contribution in [2.24, 2.45) is 5.92 Å². The number of esters is 1. The first-order valence-electron chi connectivity index (χ1n) is 12.5. The fraction of sp³-hybridized carbons (Fsp3) is 0.429. The summed E-state index contributed by atoms with van der Waals surface area (Å²) in [7, 11) is 0. The highest BCUT2D eigenvalue weighted by molar-refractivity contribution is 6.01. The van der Waals surface area contributed by atoms with Crippen molar-refractivity contribution in [1.29, 1.82) is 0 Å². The molecule has 0 radical (unpaired) electrons. The molecule has 8 heteroatoms. The molecule has 0 spiro atoms. The van der Waals surface area contributed by atoms with Gasteiger partial charge in [-0.1, -0.05) is 62.3 Å². The Kier molecular flexibility index (Phi) is 7.84. The number of benzene rings is 2. The second kappa shape index (κ2) is 11.0. The molecule has 3 aromatic rings. The highest BCUT2D eigenvalue weighted by atomic mass is 16.5. The number of para-hydroxylation sites is 1. The minimum atomic E-state index is -0.438. The molecule has 190 valence electrons. The molecule has 2 heterocycles. The summed E-state index contributed by atoms with van der Waals surface area (Å²) in [5.74, 6) is 0.504. The van der Waals surface area contributed by atoms with Crippen LogP contribution in [0, 0.1) is 5.92 Å². The van der Waals surface area contributed by atoms with E-state index in [4.69, 9.17) is 9.26 Å². The molecular formula is C28H34N4O4. The predicted octanol–water partition coefficient (Wildman–Crippen LogP) is 5.06. The highest BCUT2D eigenvalue weighted by Crippen LogP contribution is 2.26. The van der Waals surface area contributed by atoms with Crippen molar-refractivity contribution < 1.29 is 18.8 Å². The minimum absolute atomic E-state index is 0.0785. The summed E-state index contributed by atoms with van der Waals surface area (Å²) < 4.78 is 10.6. The second-order valence-corrected chi connectivity index (χ2v) is 10.1. The van der Waals surface area contributed by atoms with Gasteiger partial charge in [0.15, 0.2) is 0 Å². The number of carbonyl (C=O) groups is 2. The maximum absolute atomic E-state index is 12.9. The van der Waals surface area contributed by atoms with E-state index < -0.39 is 5.97 Å². The van der Waals surface area contributed by atoms with Gasteiger partial charge < -0.3 is 14.6 Å². The van der Waals surface area contributed by atoms with Crippen LogP contribution in [0.5, 0.6) is 0 Å². The lowest BCUT2D eigenvalue weighted by atomic mass is 9.87. The van der Waals surface area contributed by atoms with Crippen LogP contribution >= 0.6 is 0 Å². The van der Waals surface area contributed by atoms with Gasteiger partial charge >= 0.3 is 5.97 Å². The number of piperidine rings is 1. The Morgan fingerprint density at radius 3 is 2.44 bits per heavy atom. The Morgan fingerprint density at radius 1 is 1.08 bits per heavy atom. The monoisotopic (exact) mass is 490 g/mol. The molecule has 1 aliphatic heterocycles. The molecule has 1 fully saturated rings. The van der Waals surface area contributed by atoms with Crippen LogP contribution in [-0.4, -0.2) is 46.6 Å². The zero-order valence-corrected chi connectivity index (χ0v) is 21.4. The number of hydrogen-bond donors (Lipinski definition) is 1. The van der Waals surface area contributed by atoms with Crippen molar-refractivity contribution >= 4 is 17.6 Å². The molecule has 8 nitrogen and oxygen atoms in total. The molecule has 36 heavy (non-hydrogen) atoms. The molecule has 2 aromatic carbocycles. The highest BCUT2D eigenvalue weighted by Gasteiger charge is 2.27. The largest absolute Gasteiger partial charge is 0.462 e. The van der Waals surface area contributed by atoms with Crippen LogP contribution in [0.1, 0.15) is 62.3 Å². The number of rotatable bonds is 7. The molecule has 1 saturated heterocycles. The summed E-state index contributed by atoms with van der Waals surface area (Å²) in [5.41, 5.74) is 3.12. The number of aromatic nitrogens is 2. The number of likely N-dealkylation sites (tertiary alicyclic amines) is 1. The van der Waals surface area contributed by atoms with Gasteiger partial charge in [0.25, 0.3) is 0 Å². The third-order valence-corrected chi connectivity index (χ3v) is 6.47. The van der Waals surface area contributed by atoms with E-state index >= 15 is 0 Å². The van der Waals surface area contributed by atoms with E-state index in [9.17, 15) is 9.59 Å². The van der Waals surface area contributed by atoms with Crippen LogP contribution in [0.15, 0.2) is 53.1 Å². The van der Waals surface area contributed by atoms with Gasteiger partial charge in [0.1, 0.15) is 0 Å². The standard InChI is InChI=1S/C28H34N4O4/c1-5-35-27(34)22-8-6-7-9-23(22)29-26(33)20-14-16-32(17-15-20)18-24-30-25(31-36-24)19-10-12-21(13-11-19)28(2,3)4/h6-13,20H,5,14-18H2,1-4H3,(H,29,33). The van der Waals surface area contributed by atoms with Crippen molar-refractivity contribution in [3.63, 3.8) is 0 Å². The third kappa shape index (κ3) is 6.18. The minimum Gasteiger partial charge on any atom is -0.462 e. The number of anilines is 1. The number of nitrogens with one attached hydrogen (secondary N) is 1. The van der Waals surface area contributed by atoms with Crippen LogP contribution in [-0.2, 0) is 21.5 Å². The number of carbonyl (C=O) groups excluding carboxylic acids is 2. The molecule has 1 aromatic heterocycles. The summed E-state index contributed by atoms with van der Waals surface area (Å²) in [4.78, 5) is 31.9. The fourth-order valence-electron chi connectivity index (χ4n) is 4.31. The second-order valence-electron chi connectivity index (χ2n) is 10.1. The maximum atomic E-state index is 12.9. The van der Waals surface area contributed by atoms with E-state index in [1.807, 2.05) is 12.1 Å². The quantitative estimate of drug-likeness (QED) is 0.462. The first-order valence-corrected chi connectivity index (χ1v) is 12.5. The van der Waals surface area contributed by atoms with E-state index in [1.165, 1.54) is 5.56 Å². The van der Waals surface area contributed by atoms with Gasteiger partial charge in [-0.3, -0.25) is 9.69 Å². The predicted molar refractivity (Wildman–Crippen MR) is 137 cm³/mol. The van der Waals surface area contributed by atoms with Gasteiger partial charge in [0, 0.05) is 11.5 Å². The van der Waals surface area contributed by atoms with Crippen molar-refractivity contribution in [1.82, 2.24) is 15.0 Å². The van der Waals surface area contributed by atoms with E-state index in [0.717, 1.165) is 18.7 Å². The lowest BCUT2D eigenvalue weighted by molar-refractivity contribution is -0.121. The zero-order chi connectivity index (χ0) is 25.7. The molecule has 0 bridgehead atoms. The molecule has 1 aliphatic rings. The van der Waals surface area contributed by atoms with E-state index in [-0.39, 0.29) is 23.8 Å². The summed E-state index contributed by atoms with van der Waals surface area (Å²) in [6.45, 7) is 10.6. The average Bonchev–Trinajstić information content (AvgIpc) is 3.33. The third-order valence-electron chi connectivity index (χ3n) is 6.47. The number of nitrogens with zero attached hydrogens (tertiary/aromatic N) is 3. The molecule has 0 unspecified atom stereocenters. The van der Waals surface area contributed by atoms with Gasteiger partial charge in [0.2, 0.25) is 17.6 Å². The van der Waals surface area contributed by atoms with Gasteiger partial charge in [-0.2, -0.15) is 4.98 Å². The van der Waals surface area contributed by atoms with Crippen molar-refractivity contribution in [2.75, 3.05) is 25.0 Å². The number of hydrogen-bond acceptors (Lipinski definition) is 7. The van der Waals surface area contributed by atoms with Crippen molar-refractivity contribution in [3.05, 3.63) is 65.5 Å². The van der Waals surface area contributed by atoms with Gasteiger partial charge in [-0.25, -0.2) is 4.79 Å². The zero-order valence-electron chi connectivity index (χ0n) is 21.4. The smallest absolute Gasteiger partial charge is 0.340 e. The molecule has 1 amide bonds. The summed E-state index contributed by atoms with van der Waals surface area (Å²) in [6.07, 6.45) is 1.42. The van der Waals surface area contributed by atoms with Gasteiger partial charge in [-0.15, -0.1) is 0 Å². The van der Waals surface area contributed by atoms with Crippen LogP contribution in [0.25, 0.3) is 11.4 Å². The Bertz CT molecular complexity index is 1190. The topological polar surface area (TPSA) is 97.6 Å². The first-order chi connectivity index (χ1) is 17.2. The average molecular weight is 491 g/mol. The molecular weight excluding hydrogens is 456 g/mol. The molecule has 4 rings (SSSR count). The summed E-state index contributed by atoms with van der Waals surface area (Å²) in [5, 5.41) is 7.07. The van der Waals surface area contributed by atoms with Crippen molar-refractivity contribution in [2.45, 2.75) is 52.5 Å². The van der Waals surface area contributed by atoms with Crippen LogP contribution < -0.4 is 5.32 Å². The fourth-order valence-corrected chi connectivity index (χ4v) is 4.31.